The number of carbonyl (C=O) groups excluding carboxylic acids is 1. The fourth-order valence-corrected chi connectivity index (χ4v) is 3.95. The molecule has 0 bridgehead atoms. The van der Waals surface area contributed by atoms with Gasteiger partial charge in [0.1, 0.15) is 11.3 Å². The van der Waals surface area contributed by atoms with Crippen molar-refractivity contribution in [1.82, 2.24) is 4.98 Å². The highest BCUT2D eigenvalue weighted by Gasteiger charge is 2.16. The van der Waals surface area contributed by atoms with Gasteiger partial charge in [-0.3, -0.25) is 10.1 Å². The van der Waals surface area contributed by atoms with E-state index in [0.29, 0.717) is 28.5 Å². The average molecular weight is 394 g/mol. The minimum Gasteiger partial charge on any atom is -0.494 e. The predicted molar refractivity (Wildman–Crippen MR) is 111 cm³/mol. The molecular formula is C21H18N2O4S. The minimum atomic E-state index is -0.595. The number of fused-ring (bicyclic) bond motifs is 2. The van der Waals surface area contributed by atoms with Crippen LogP contribution < -0.4 is 15.7 Å². The van der Waals surface area contributed by atoms with Crippen molar-refractivity contribution in [2.24, 2.45) is 0 Å². The third-order valence-corrected chi connectivity index (χ3v) is 5.51. The van der Waals surface area contributed by atoms with Crippen LogP contribution in [0.15, 0.2) is 45.6 Å². The molecule has 2 heterocycles. The Hall–Kier alpha value is -3.19. The standard InChI is InChI=1S/C21H18N2O4S/c1-4-26-13-6-7-14-15(10-18(24)27-16(14)9-13)20(25)23-21-22-19-12(3)11(2)5-8-17(19)28-21/h5-10H,4H2,1-3H3,(H,22,23,25). The Morgan fingerprint density at radius 2 is 2.04 bits per heavy atom. The van der Waals surface area contributed by atoms with Gasteiger partial charge < -0.3 is 9.15 Å². The summed E-state index contributed by atoms with van der Waals surface area (Å²) in [5.41, 5.74) is 3.05. The second kappa shape index (κ2) is 7.09. The first-order valence-corrected chi connectivity index (χ1v) is 9.66. The lowest BCUT2D eigenvalue weighted by Gasteiger charge is -2.07. The topological polar surface area (TPSA) is 81.4 Å². The molecule has 1 amide bonds. The summed E-state index contributed by atoms with van der Waals surface area (Å²) in [6.07, 6.45) is 0. The minimum absolute atomic E-state index is 0.237. The molecule has 28 heavy (non-hydrogen) atoms. The lowest BCUT2D eigenvalue weighted by molar-refractivity contribution is 0.102. The van der Waals surface area contributed by atoms with Gasteiger partial charge in [-0.2, -0.15) is 0 Å². The molecule has 0 aliphatic carbocycles. The van der Waals surface area contributed by atoms with Crippen molar-refractivity contribution in [2.45, 2.75) is 20.8 Å². The summed E-state index contributed by atoms with van der Waals surface area (Å²) in [5.74, 6) is 0.170. The molecule has 0 spiro atoms. The number of hydrogen-bond acceptors (Lipinski definition) is 6. The maximum atomic E-state index is 12.9. The zero-order valence-corrected chi connectivity index (χ0v) is 16.5. The number of hydrogen-bond donors (Lipinski definition) is 1. The van der Waals surface area contributed by atoms with Gasteiger partial charge in [-0.25, -0.2) is 9.78 Å². The summed E-state index contributed by atoms with van der Waals surface area (Å²) in [7, 11) is 0. The van der Waals surface area contributed by atoms with Crippen LogP contribution in [0.25, 0.3) is 21.2 Å². The third kappa shape index (κ3) is 3.25. The zero-order valence-electron chi connectivity index (χ0n) is 15.7. The molecule has 4 rings (SSSR count). The molecule has 0 fully saturated rings. The highest BCUT2D eigenvalue weighted by Crippen LogP contribution is 2.30. The average Bonchev–Trinajstić information content (AvgIpc) is 3.07. The Kier molecular flexibility index (Phi) is 4.60. The van der Waals surface area contributed by atoms with Crippen LogP contribution in [0.3, 0.4) is 0 Å². The van der Waals surface area contributed by atoms with E-state index in [4.69, 9.17) is 9.15 Å². The zero-order chi connectivity index (χ0) is 19.8. The van der Waals surface area contributed by atoms with Crippen LogP contribution >= 0.6 is 11.3 Å². The van der Waals surface area contributed by atoms with E-state index < -0.39 is 11.5 Å². The number of aromatic nitrogens is 1. The van der Waals surface area contributed by atoms with Crippen LogP contribution in [-0.2, 0) is 0 Å². The molecule has 4 aromatic rings. The Morgan fingerprint density at radius 3 is 2.82 bits per heavy atom. The number of ether oxygens (including phenoxy) is 1. The molecule has 7 heteroatoms. The SMILES string of the molecule is CCOc1ccc2c(C(=O)Nc3nc4c(C)c(C)ccc4s3)cc(=O)oc2c1. The van der Waals surface area contributed by atoms with Gasteiger partial charge in [-0.05, 0) is 50.1 Å². The van der Waals surface area contributed by atoms with E-state index in [2.05, 4.69) is 10.3 Å². The normalized spacial score (nSPS) is 11.1. The first-order chi connectivity index (χ1) is 13.5. The summed E-state index contributed by atoms with van der Waals surface area (Å²) in [5, 5.41) is 3.83. The molecule has 2 aromatic carbocycles. The fourth-order valence-electron chi connectivity index (χ4n) is 3.03. The van der Waals surface area contributed by atoms with Crippen molar-refractivity contribution < 1.29 is 13.9 Å². The molecule has 0 unspecified atom stereocenters. The molecule has 0 aliphatic heterocycles. The van der Waals surface area contributed by atoms with Gasteiger partial charge in [0.2, 0.25) is 0 Å². The van der Waals surface area contributed by atoms with Crippen molar-refractivity contribution in [2.75, 3.05) is 11.9 Å². The van der Waals surface area contributed by atoms with Gasteiger partial charge in [-0.15, -0.1) is 0 Å². The van der Waals surface area contributed by atoms with Crippen LogP contribution in [0.2, 0.25) is 0 Å². The quantitative estimate of drug-likeness (QED) is 0.509. The van der Waals surface area contributed by atoms with Gasteiger partial charge in [-0.1, -0.05) is 17.4 Å². The molecule has 0 aliphatic rings. The van der Waals surface area contributed by atoms with E-state index in [1.54, 1.807) is 18.2 Å². The Morgan fingerprint density at radius 1 is 1.21 bits per heavy atom. The molecular weight excluding hydrogens is 376 g/mol. The lowest BCUT2D eigenvalue weighted by atomic mass is 10.1. The Balaban J connectivity index is 1.73. The Labute approximate surface area is 164 Å². The number of carbonyl (C=O) groups is 1. The number of rotatable bonds is 4. The van der Waals surface area contributed by atoms with Gasteiger partial charge in [0.15, 0.2) is 5.13 Å². The van der Waals surface area contributed by atoms with Crippen molar-refractivity contribution in [3.05, 3.63) is 63.5 Å². The van der Waals surface area contributed by atoms with E-state index in [0.717, 1.165) is 21.3 Å². The van der Waals surface area contributed by atoms with Crippen molar-refractivity contribution in [3.8, 4) is 5.75 Å². The number of aryl methyl sites for hydroxylation is 2. The van der Waals surface area contributed by atoms with Gasteiger partial charge in [0.25, 0.3) is 5.91 Å². The Bertz CT molecular complexity index is 1270. The van der Waals surface area contributed by atoms with E-state index in [1.807, 2.05) is 32.9 Å². The number of anilines is 1. The van der Waals surface area contributed by atoms with Crippen molar-refractivity contribution in [3.63, 3.8) is 0 Å². The molecule has 0 saturated heterocycles. The first kappa shape index (κ1) is 18.2. The van der Waals surface area contributed by atoms with Gasteiger partial charge in [0.05, 0.1) is 22.4 Å². The number of nitrogens with zero attached hydrogens (tertiary/aromatic N) is 1. The number of benzene rings is 2. The van der Waals surface area contributed by atoms with Crippen LogP contribution in [0, 0.1) is 13.8 Å². The monoisotopic (exact) mass is 394 g/mol. The number of nitrogens with one attached hydrogen (secondary N) is 1. The largest absolute Gasteiger partial charge is 0.494 e. The van der Waals surface area contributed by atoms with Gasteiger partial charge in [0, 0.05) is 17.5 Å². The molecule has 0 radical (unpaired) electrons. The maximum absolute atomic E-state index is 12.9. The van der Waals surface area contributed by atoms with Crippen LogP contribution in [0.1, 0.15) is 28.4 Å². The summed E-state index contributed by atoms with van der Waals surface area (Å²) >= 11 is 1.40. The predicted octanol–water partition coefficient (Wildman–Crippen LogP) is 4.67. The first-order valence-electron chi connectivity index (χ1n) is 8.85. The highest BCUT2D eigenvalue weighted by atomic mass is 32.1. The molecule has 142 valence electrons. The number of thiazole rings is 1. The van der Waals surface area contributed by atoms with Crippen molar-refractivity contribution >= 4 is 43.6 Å². The van der Waals surface area contributed by atoms with Crippen molar-refractivity contribution in [1.29, 1.82) is 0 Å². The third-order valence-electron chi connectivity index (χ3n) is 4.58. The van der Waals surface area contributed by atoms with Gasteiger partial charge >= 0.3 is 5.63 Å². The smallest absolute Gasteiger partial charge is 0.337 e. The lowest BCUT2D eigenvalue weighted by Crippen LogP contribution is -2.15. The van der Waals surface area contributed by atoms with E-state index in [-0.39, 0.29) is 5.56 Å². The summed E-state index contributed by atoms with van der Waals surface area (Å²) < 4.78 is 11.7. The maximum Gasteiger partial charge on any atom is 0.337 e. The van der Waals surface area contributed by atoms with Crippen LogP contribution in [-0.4, -0.2) is 17.5 Å². The summed E-state index contributed by atoms with van der Waals surface area (Å²) in [6, 6.07) is 10.3. The van der Waals surface area contributed by atoms with E-state index >= 15 is 0 Å². The summed E-state index contributed by atoms with van der Waals surface area (Å²) in [4.78, 5) is 29.4. The van der Waals surface area contributed by atoms with E-state index in [9.17, 15) is 9.59 Å². The molecule has 0 atom stereocenters. The van der Waals surface area contributed by atoms with Crippen LogP contribution in [0.5, 0.6) is 5.75 Å². The van der Waals surface area contributed by atoms with Crippen LogP contribution in [0.4, 0.5) is 5.13 Å². The second-order valence-electron chi connectivity index (χ2n) is 6.40. The molecule has 2 aromatic heterocycles. The highest BCUT2D eigenvalue weighted by molar-refractivity contribution is 7.22. The molecule has 0 saturated carbocycles. The fraction of sp³-hybridized carbons (Fsp3) is 0.190. The number of amides is 1. The summed E-state index contributed by atoms with van der Waals surface area (Å²) in [6.45, 7) is 6.39. The molecule has 6 nitrogen and oxygen atoms in total. The second-order valence-corrected chi connectivity index (χ2v) is 7.43. The van der Waals surface area contributed by atoms with E-state index in [1.165, 1.54) is 17.4 Å². The molecule has 1 N–H and O–H groups in total.